The van der Waals surface area contributed by atoms with Gasteiger partial charge < -0.3 is 20.9 Å². The van der Waals surface area contributed by atoms with Gasteiger partial charge in [-0.2, -0.15) is 0 Å². The largest absolute Gasteiger partial charge is 0.489 e. The van der Waals surface area contributed by atoms with E-state index in [-0.39, 0.29) is 24.7 Å². The van der Waals surface area contributed by atoms with Crippen LogP contribution in [0.3, 0.4) is 0 Å². The minimum absolute atomic E-state index is 0.0274. The lowest BCUT2D eigenvalue weighted by Gasteiger charge is -2.19. The van der Waals surface area contributed by atoms with Crippen molar-refractivity contribution in [1.82, 2.24) is 10.3 Å². The lowest BCUT2D eigenvalue weighted by Crippen LogP contribution is -2.37. The monoisotopic (exact) mass is 481 g/mol. The molecule has 0 unspecified atom stereocenters. The molecule has 4 N–H and O–H groups in total. The number of nitrogens with one attached hydrogen (secondary N) is 1. The summed E-state index contributed by atoms with van der Waals surface area (Å²) >= 11 is 6.26. The predicted molar refractivity (Wildman–Crippen MR) is 132 cm³/mol. The van der Waals surface area contributed by atoms with Crippen molar-refractivity contribution >= 4 is 23.4 Å². The van der Waals surface area contributed by atoms with Crippen molar-refractivity contribution in [3.05, 3.63) is 82.5 Å². The van der Waals surface area contributed by atoms with Crippen molar-refractivity contribution in [1.29, 1.82) is 0 Å². The number of aliphatic hydroxyl groups is 1. The molecular formula is C26H28ClN3O4. The Morgan fingerprint density at radius 1 is 1.09 bits per heavy atom. The second kappa shape index (κ2) is 11.6. The standard InChI is InChI=1S/C26H28ClN3O4/c1-16(2)34-24-8-7-20(14-22(24)27)26(33)30-21(10-12-31)13-17-3-5-18(6-4-17)23-15-19(25(28)32)9-11-29-23/h3-9,11,14-16,21,31H,10,12-13H2,1-2H3,(H2,28,32)(H,30,33)/t21-/m1/s1. The fourth-order valence-corrected chi connectivity index (χ4v) is 3.70. The number of amides is 2. The van der Waals surface area contributed by atoms with Gasteiger partial charge in [0, 0.05) is 35.5 Å². The van der Waals surface area contributed by atoms with Crippen LogP contribution in [0.4, 0.5) is 0 Å². The maximum Gasteiger partial charge on any atom is 0.251 e. The topological polar surface area (TPSA) is 115 Å². The first kappa shape index (κ1) is 25.2. The van der Waals surface area contributed by atoms with E-state index in [1.165, 1.54) is 0 Å². The Labute approximate surface area is 203 Å². The average molecular weight is 482 g/mol. The zero-order chi connectivity index (χ0) is 24.7. The number of carbonyl (C=O) groups is 2. The third kappa shape index (κ3) is 6.79. The van der Waals surface area contributed by atoms with E-state index >= 15 is 0 Å². The van der Waals surface area contributed by atoms with E-state index in [0.717, 1.165) is 11.1 Å². The summed E-state index contributed by atoms with van der Waals surface area (Å²) < 4.78 is 5.61. The number of nitrogens with zero attached hydrogens (tertiary/aromatic N) is 1. The van der Waals surface area contributed by atoms with Gasteiger partial charge >= 0.3 is 0 Å². The number of pyridine rings is 1. The summed E-state index contributed by atoms with van der Waals surface area (Å²) in [4.78, 5) is 28.5. The summed E-state index contributed by atoms with van der Waals surface area (Å²) in [6.45, 7) is 3.74. The summed E-state index contributed by atoms with van der Waals surface area (Å²) in [6, 6.07) is 15.5. The number of primary amides is 1. The van der Waals surface area contributed by atoms with E-state index in [1.54, 1.807) is 36.5 Å². The second-order valence-corrected chi connectivity index (χ2v) is 8.60. The Morgan fingerprint density at radius 3 is 2.44 bits per heavy atom. The van der Waals surface area contributed by atoms with Crippen molar-refractivity contribution in [3.63, 3.8) is 0 Å². The van der Waals surface area contributed by atoms with Crippen LogP contribution in [-0.4, -0.2) is 40.7 Å². The van der Waals surface area contributed by atoms with Gasteiger partial charge in [-0.15, -0.1) is 0 Å². The van der Waals surface area contributed by atoms with E-state index in [9.17, 15) is 14.7 Å². The van der Waals surface area contributed by atoms with Gasteiger partial charge in [0.1, 0.15) is 5.75 Å². The molecule has 1 aromatic heterocycles. The first-order chi connectivity index (χ1) is 16.3. The van der Waals surface area contributed by atoms with Crippen LogP contribution in [0.2, 0.25) is 5.02 Å². The van der Waals surface area contributed by atoms with Gasteiger partial charge in [0.2, 0.25) is 5.91 Å². The fourth-order valence-electron chi connectivity index (χ4n) is 3.48. The molecule has 178 valence electrons. The SMILES string of the molecule is CC(C)Oc1ccc(C(=O)N[C@H](CCO)Cc2ccc(-c3cc(C(N)=O)ccn3)cc2)cc1Cl. The summed E-state index contributed by atoms with van der Waals surface area (Å²) in [6.07, 6.45) is 2.45. The molecular weight excluding hydrogens is 454 g/mol. The highest BCUT2D eigenvalue weighted by atomic mass is 35.5. The summed E-state index contributed by atoms with van der Waals surface area (Å²) in [5.41, 5.74) is 8.62. The molecule has 0 aliphatic heterocycles. The van der Waals surface area contributed by atoms with Gasteiger partial charge in [-0.1, -0.05) is 35.9 Å². The fraction of sp³-hybridized carbons (Fsp3) is 0.269. The van der Waals surface area contributed by atoms with Crippen LogP contribution in [0, 0.1) is 0 Å². The molecule has 0 aliphatic rings. The predicted octanol–water partition coefficient (Wildman–Crippen LogP) is 4.01. The van der Waals surface area contributed by atoms with Gasteiger partial charge in [0.05, 0.1) is 16.8 Å². The Hall–Kier alpha value is -3.42. The molecule has 0 saturated heterocycles. The molecule has 3 rings (SSSR count). The molecule has 1 heterocycles. The van der Waals surface area contributed by atoms with E-state index in [1.807, 2.05) is 38.1 Å². The van der Waals surface area contributed by atoms with E-state index in [0.29, 0.717) is 40.4 Å². The third-order valence-electron chi connectivity index (χ3n) is 5.15. The Morgan fingerprint density at radius 2 is 1.82 bits per heavy atom. The van der Waals surface area contributed by atoms with Gasteiger partial charge in [0.15, 0.2) is 0 Å². The molecule has 7 nitrogen and oxygen atoms in total. The number of aromatic nitrogens is 1. The van der Waals surface area contributed by atoms with Crippen LogP contribution in [-0.2, 0) is 6.42 Å². The molecule has 34 heavy (non-hydrogen) atoms. The number of rotatable bonds is 10. The number of halogens is 1. The number of carbonyl (C=O) groups excluding carboxylic acids is 2. The maximum absolute atomic E-state index is 12.8. The zero-order valence-electron chi connectivity index (χ0n) is 19.1. The molecule has 0 saturated carbocycles. The first-order valence-corrected chi connectivity index (χ1v) is 11.4. The van der Waals surface area contributed by atoms with E-state index in [4.69, 9.17) is 22.1 Å². The summed E-state index contributed by atoms with van der Waals surface area (Å²) in [5, 5.41) is 12.8. The number of ether oxygens (including phenoxy) is 1. The molecule has 0 radical (unpaired) electrons. The molecule has 2 amide bonds. The van der Waals surface area contributed by atoms with E-state index < -0.39 is 5.91 Å². The quantitative estimate of drug-likeness (QED) is 0.404. The van der Waals surface area contributed by atoms with Crippen LogP contribution in [0.25, 0.3) is 11.3 Å². The van der Waals surface area contributed by atoms with Crippen LogP contribution in [0.1, 0.15) is 46.5 Å². The van der Waals surface area contributed by atoms with Crippen LogP contribution >= 0.6 is 11.6 Å². The van der Waals surface area contributed by atoms with Gasteiger partial charge in [-0.3, -0.25) is 14.6 Å². The van der Waals surface area contributed by atoms with Crippen LogP contribution in [0.15, 0.2) is 60.8 Å². The molecule has 0 spiro atoms. The molecule has 0 fully saturated rings. The minimum Gasteiger partial charge on any atom is -0.489 e. The van der Waals surface area contributed by atoms with Crippen LogP contribution in [0.5, 0.6) is 5.75 Å². The second-order valence-electron chi connectivity index (χ2n) is 8.19. The summed E-state index contributed by atoms with van der Waals surface area (Å²) in [7, 11) is 0. The van der Waals surface area contributed by atoms with Crippen molar-refractivity contribution in [2.24, 2.45) is 5.73 Å². The molecule has 2 aromatic carbocycles. The highest BCUT2D eigenvalue weighted by Gasteiger charge is 2.16. The zero-order valence-corrected chi connectivity index (χ0v) is 19.9. The summed E-state index contributed by atoms with van der Waals surface area (Å²) in [5.74, 6) is -0.261. The molecule has 0 aliphatic carbocycles. The van der Waals surface area contributed by atoms with Crippen molar-refractivity contribution in [2.45, 2.75) is 38.8 Å². The van der Waals surface area contributed by atoms with Crippen LogP contribution < -0.4 is 15.8 Å². The Balaban J connectivity index is 1.69. The minimum atomic E-state index is -0.508. The highest BCUT2D eigenvalue weighted by Crippen LogP contribution is 2.26. The lowest BCUT2D eigenvalue weighted by atomic mass is 10.0. The lowest BCUT2D eigenvalue weighted by molar-refractivity contribution is 0.0929. The van der Waals surface area contributed by atoms with Crippen molar-refractivity contribution in [3.8, 4) is 17.0 Å². The number of hydrogen-bond acceptors (Lipinski definition) is 5. The number of aliphatic hydroxyl groups excluding tert-OH is 1. The number of nitrogens with two attached hydrogens (primary N) is 1. The first-order valence-electron chi connectivity index (χ1n) is 11.0. The third-order valence-corrected chi connectivity index (χ3v) is 5.44. The Kier molecular flexibility index (Phi) is 8.62. The smallest absolute Gasteiger partial charge is 0.251 e. The molecule has 0 bridgehead atoms. The van der Waals surface area contributed by atoms with E-state index in [2.05, 4.69) is 10.3 Å². The average Bonchev–Trinajstić information content (AvgIpc) is 2.80. The van der Waals surface area contributed by atoms with Gasteiger partial charge in [-0.05, 0) is 62.6 Å². The molecule has 1 atom stereocenters. The van der Waals surface area contributed by atoms with Crippen molar-refractivity contribution < 1.29 is 19.4 Å². The van der Waals surface area contributed by atoms with Gasteiger partial charge in [-0.25, -0.2) is 0 Å². The molecule has 3 aromatic rings. The van der Waals surface area contributed by atoms with Crippen molar-refractivity contribution in [2.75, 3.05) is 6.61 Å². The highest BCUT2D eigenvalue weighted by molar-refractivity contribution is 6.32. The maximum atomic E-state index is 12.8. The normalized spacial score (nSPS) is 11.8. The number of benzene rings is 2. The number of hydrogen-bond donors (Lipinski definition) is 3. The van der Waals surface area contributed by atoms with Gasteiger partial charge in [0.25, 0.3) is 5.91 Å². The Bertz CT molecular complexity index is 1150. The molecule has 8 heteroatoms.